The van der Waals surface area contributed by atoms with E-state index >= 15 is 0 Å². The van der Waals surface area contributed by atoms with Crippen molar-refractivity contribution in [3.8, 4) is 0 Å². The number of nitrogens with zero attached hydrogens (tertiary/aromatic N) is 2. The second-order valence-electron chi connectivity index (χ2n) is 5.30. The summed E-state index contributed by atoms with van der Waals surface area (Å²) in [4.78, 5) is 32.4. The fourth-order valence-corrected chi connectivity index (χ4v) is 3.10. The van der Waals surface area contributed by atoms with Crippen LogP contribution >= 0.6 is 35.0 Å². The Morgan fingerprint density at radius 2 is 1.85 bits per heavy atom. The standard InChI is InChI=1S/C18H13Cl2N3O3S/c19-11-4-3-7-14(18(11)20)22-15(24)9-26-17(25)10-27-16-8-21-12-5-1-2-6-13(12)23-16/h1-8H,9-10H2,(H,22,24). The number of aromatic nitrogens is 2. The molecule has 1 aromatic heterocycles. The molecule has 27 heavy (non-hydrogen) atoms. The summed E-state index contributed by atoms with van der Waals surface area (Å²) in [6.45, 7) is -0.425. The molecule has 0 fully saturated rings. The molecule has 0 aliphatic heterocycles. The molecule has 6 nitrogen and oxygen atoms in total. The average Bonchev–Trinajstić information content (AvgIpc) is 2.68. The summed E-state index contributed by atoms with van der Waals surface area (Å²) in [7, 11) is 0. The molecule has 0 spiro atoms. The van der Waals surface area contributed by atoms with Crippen LogP contribution in [-0.4, -0.2) is 34.2 Å². The van der Waals surface area contributed by atoms with Crippen molar-refractivity contribution in [2.24, 2.45) is 0 Å². The van der Waals surface area contributed by atoms with Crippen LogP contribution in [-0.2, 0) is 14.3 Å². The van der Waals surface area contributed by atoms with Gasteiger partial charge in [0.15, 0.2) is 6.61 Å². The molecule has 3 aromatic rings. The normalized spacial score (nSPS) is 10.6. The first-order valence-electron chi connectivity index (χ1n) is 7.77. The van der Waals surface area contributed by atoms with Crippen molar-refractivity contribution in [2.75, 3.05) is 17.7 Å². The second-order valence-corrected chi connectivity index (χ2v) is 7.08. The number of fused-ring (bicyclic) bond motifs is 1. The summed E-state index contributed by atoms with van der Waals surface area (Å²) in [5.74, 6) is -1.04. The van der Waals surface area contributed by atoms with E-state index in [2.05, 4.69) is 15.3 Å². The van der Waals surface area contributed by atoms with E-state index in [1.165, 1.54) is 11.8 Å². The lowest BCUT2D eigenvalue weighted by molar-refractivity contribution is -0.144. The molecule has 0 saturated heterocycles. The third kappa shape index (κ3) is 5.32. The van der Waals surface area contributed by atoms with E-state index in [1.807, 2.05) is 24.3 Å². The van der Waals surface area contributed by atoms with Crippen LogP contribution in [0, 0.1) is 0 Å². The van der Waals surface area contributed by atoms with E-state index in [4.69, 9.17) is 27.9 Å². The SMILES string of the molecule is O=C(COC(=O)CSc1cnc2ccccc2n1)Nc1cccc(Cl)c1Cl. The lowest BCUT2D eigenvalue weighted by Crippen LogP contribution is -2.21. The number of para-hydroxylation sites is 2. The number of hydrogen-bond acceptors (Lipinski definition) is 6. The second kappa shape index (κ2) is 9.03. The maximum absolute atomic E-state index is 11.9. The third-order valence-electron chi connectivity index (χ3n) is 3.35. The van der Waals surface area contributed by atoms with E-state index < -0.39 is 18.5 Å². The highest BCUT2D eigenvalue weighted by Crippen LogP contribution is 2.29. The molecule has 1 amide bonds. The van der Waals surface area contributed by atoms with Crippen molar-refractivity contribution < 1.29 is 14.3 Å². The van der Waals surface area contributed by atoms with Crippen LogP contribution in [0.5, 0.6) is 0 Å². The van der Waals surface area contributed by atoms with Gasteiger partial charge in [0.2, 0.25) is 0 Å². The largest absolute Gasteiger partial charge is 0.455 e. The van der Waals surface area contributed by atoms with Gasteiger partial charge in [0.05, 0.1) is 38.7 Å². The number of carbonyl (C=O) groups excluding carboxylic acids is 2. The van der Waals surface area contributed by atoms with Gasteiger partial charge in [-0.1, -0.05) is 53.2 Å². The Balaban J connectivity index is 1.47. The summed E-state index contributed by atoms with van der Waals surface area (Å²) < 4.78 is 4.96. The van der Waals surface area contributed by atoms with Crippen LogP contribution in [0.15, 0.2) is 53.7 Å². The Labute approximate surface area is 169 Å². The van der Waals surface area contributed by atoms with Crippen molar-refractivity contribution in [1.29, 1.82) is 0 Å². The van der Waals surface area contributed by atoms with Crippen molar-refractivity contribution in [3.05, 3.63) is 58.7 Å². The number of anilines is 1. The molecule has 1 heterocycles. The first-order chi connectivity index (χ1) is 13.0. The Bertz CT molecular complexity index is 1000. The first-order valence-corrected chi connectivity index (χ1v) is 9.51. The Kier molecular flexibility index (Phi) is 6.49. The minimum absolute atomic E-state index is 0.0121. The van der Waals surface area contributed by atoms with Crippen molar-refractivity contribution in [3.63, 3.8) is 0 Å². The summed E-state index contributed by atoms with van der Waals surface area (Å²) in [5.41, 5.74) is 1.88. The molecule has 2 aromatic carbocycles. The van der Waals surface area contributed by atoms with Crippen LogP contribution < -0.4 is 5.32 Å². The van der Waals surface area contributed by atoms with Gasteiger partial charge in [-0.2, -0.15) is 0 Å². The fourth-order valence-electron chi connectivity index (χ4n) is 2.12. The van der Waals surface area contributed by atoms with E-state index in [9.17, 15) is 9.59 Å². The average molecular weight is 422 g/mol. The minimum Gasteiger partial charge on any atom is -0.455 e. The van der Waals surface area contributed by atoms with Crippen LogP contribution in [0.1, 0.15) is 0 Å². The molecule has 0 bridgehead atoms. The lowest BCUT2D eigenvalue weighted by atomic mass is 10.3. The minimum atomic E-state index is -0.540. The number of esters is 1. The number of ether oxygens (including phenoxy) is 1. The van der Waals surface area contributed by atoms with Gasteiger partial charge in [0, 0.05) is 0 Å². The zero-order chi connectivity index (χ0) is 19.2. The van der Waals surface area contributed by atoms with Gasteiger partial charge in [-0.05, 0) is 24.3 Å². The van der Waals surface area contributed by atoms with E-state index in [-0.39, 0.29) is 10.8 Å². The molecule has 1 N–H and O–H groups in total. The van der Waals surface area contributed by atoms with Crippen LogP contribution in [0.3, 0.4) is 0 Å². The van der Waals surface area contributed by atoms with Crippen LogP contribution in [0.2, 0.25) is 10.0 Å². The molecule has 138 valence electrons. The summed E-state index contributed by atoms with van der Waals surface area (Å²) in [6, 6.07) is 12.3. The smallest absolute Gasteiger partial charge is 0.316 e. The van der Waals surface area contributed by atoms with Gasteiger partial charge in [-0.15, -0.1) is 0 Å². The molecule has 0 saturated carbocycles. The highest BCUT2D eigenvalue weighted by molar-refractivity contribution is 7.99. The van der Waals surface area contributed by atoms with Crippen molar-refractivity contribution in [1.82, 2.24) is 9.97 Å². The summed E-state index contributed by atoms with van der Waals surface area (Å²) >= 11 is 13.1. The Morgan fingerprint density at radius 3 is 2.67 bits per heavy atom. The zero-order valence-electron chi connectivity index (χ0n) is 13.8. The molecule has 0 atom stereocenters. The van der Waals surface area contributed by atoms with Gasteiger partial charge in [-0.25, -0.2) is 4.98 Å². The molecule has 0 radical (unpaired) electrons. The van der Waals surface area contributed by atoms with E-state index in [1.54, 1.807) is 24.4 Å². The van der Waals surface area contributed by atoms with Crippen LogP contribution in [0.4, 0.5) is 5.69 Å². The number of rotatable bonds is 6. The predicted octanol–water partition coefficient (Wildman–Crippen LogP) is 4.21. The van der Waals surface area contributed by atoms with Gasteiger partial charge in [-0.3, -0.25) is 14.6 Å². The van der Waals surface area contributed by atoms with Crippen molar-refractivity contribution >= 4 is 63.6 Å². The number of thioether (sulfide) groups is 1. The molecule has 0 aliphatic rings. The van der Waals surface area contributed by atoms with E-state index in [0.717, 1.165) is 11.0 Å². The maximum atomic E-state index is 11.9. The number of halogens is 2. The Hall–Kier alpha value is -2.35. The van der Waals surface area contributed by atoms with E-state index in [0.29, 0.717) is 15.7 Å². The molecule has 0 unspecified atom stereocenters. The molecule has 0 aliphatic carbocycles. The predicted molar refractivity (Wildman–Crippen MR) is 106 cm³/mol. The molecular weight excluding hydrogens is 409 g/mol. The summed E-state index contributed by atoms with van der Waals surface area (Å²) in [6.07, 6.45) is 1.59. The third-order valence-corrected chi connectivity index (χ3v) is 5.05. The molecule has 3 rings (SSSR count). The van der Waals surface area contributed by atoms with Gasteiger partial charge < -0.3 is 10.1 Å². The van der Waals surface area contributed by atoms with Crippen LogP contribution in [0.25, 0.3) is 11.0 Å². The maximum Gasteiger partial charge on any atom is 0.316 e. The number of benzene rings is 2. The number of nitrogens with one attached hydrogen (secondary N) is 1. The van der Waals surface area contributed by atoms with Gasteiger partial charge in [0.1, 0.15) is 5.03 Å². The topological polar surface area (TPSA) is 81.2 Å². The first kappa shape index (κ1) is 19.4. The highest BCUT2D eigenvalue weighted by Gasteiger charge is 2.12. The summed E-state index contributed by atoms with van der Waals surface area (Å²) in [5, 5.41) is 3.68. The molecular formula is C18H13Cl2N3O3S. The van der Waals surface area contributed by atoms with Gasteiger partial charge in [0.25, 0.3) is 5.91 Å². The monoisotopic (exact) mass is 421 g/mol. The fraction of sp³-hybridized carbons (Fsp3) is 0.111. The zero-order valence-corrected chi connectivity index (χ0v) is 16.1. The number of amides is 1. The van der Waals surface area contributed by atoms with Gasteiger partial charge >= 0.3 is 5.97 Å². The lowest BCUT2D eigenvalue weighted by Gasteiger charge is -2.08. The highest BCUT2D eigenvalue weighted by atomic mass is 35.5. The number of carbonyl (C=O) groups is 2. The van der Waals surface area contributed by atoms with Crippen molar-refractivity contribution in [2.45, 2.75) is 5.03 Å². The quantitative estimate of drug-likeness (QED) is 0.474. The number of hydrogen-bond donors (Lipinski definition) is 1. The molecule has 9 heteroatoms. The Morgan fingerprint density at radius 1 is 1.07 bits per heavy atom.